The van der Waals surface area contributed by atoms with Crippen molar-refractivity contribution in [1.29, 1.82) is 0 Å². The molecule has 2 heterocycles. The molecule has 1 atom stereocenters. The van der Waals surface area contributed by atoms with Crippen molar-refractivity contribution >= 4 is 5.65 Å². The highest BCUT2D eigenvalue weighted by atomic mass is 19.1. The van der Waals surface area contributed by atoms with Crippen LogP contribution < -0.4 is 5.73 Å². The predicted molar refractivity (Wildman–Crippen MR) is 49.2 cm³/mol. The first-order chi connectivity index (χ1) is 6.74. The van der Waals surface area contributed by atoms with Gasteiger partial charge < -0.3 is 10.8 Å². The fourth-order valence-corrected chi connectivity index (χ4v) is 1.36. The van der Waals surface area contributed by atoms with Crippen molar-refractivity contribution in [2.24, 2.45) is 5.73 Å². The summed E-state index contributed by atoms with van der Waals surface area (Å²) in [5, 5.41) is 8.88. The van der Waals surface area contributed by atoms with E-state index in [0.717, 1.165) is 0 Å². The number of fused-ring (bicyclic) bond motifs is 1. The lowest BCUT2D eigenvalue weighted by molar-refractivity contribution is 0.265. The van der Waals surface area contributed by atoms with Crippen molar-refractivity contribution in [3.63, 3.8) is 0 Å². The second-order valence-corrected chi connectivity index (χ2v) is 3.02. The molecule has 4 nitrogen and oxygen atoms in total. The van der Waals surface area contributed by atoms with Crippen LogP contribution in [0.15, 0.2) is 24.5 Å². The quantitative estimate of drug-likeness (QED) is 0.732. The van der Waals surface area contributed by atoms with Crippen molar-refractivity contribution in [2.75, 3.05) is 6.61 Å². The van der Waals surface area contributed by atoms with Gasteiger partial charge in [-0.25, -0.2) is 9.37 Å². The Hall–Kier alpha value is -1.46. The first-order valence-electron chi connectivity index (χ1n) is 4.22. The van der Waals surface area contributed by atoms with Crippen LogP contribution in [-0.2, 0) is 0 Å². The van der Waals surface area contributed by atoms with Gasteiger partial charge in [-0.3, -0.25) is 4.40 Å². The molecule has 0 saturated carbocycles. The van der Waals surface area contributed by atoms with Gasteiger partial charge in [-0.05, 0) is 12.1 Å². The molecule has 3 N–H and O–H groups in total. The number of aliphatic hydroxyl groups excluding tert-OH is 1. The molecule has 5 heteroatoms. The Bertz CT molecular complexity index is 454. The lowest BCUT2D eigenvalue weighted by Crippen LogP contribution is -2.16. The van der Waals surface area contributed by atoms with Crippen molar-refractivity contribution < 1.29 is 9.50 Å². The first kappa shape index (κ1) is 9.11. The number of aromatic nitrogens is 2. The zero-order valence-corrected chi connectivity index (χ0v) is 7.39. The zero-order chi connectivity index (χ0) is 10.1. The van der Waals surface area contributed by atoms with Crippen molar-refractivity contribution in [3.05, 3.63) is 36.0 Å². The maximum Gasteiger partial charge on any atom is 0.173 e. The molecule has 74 valence electrons. The largest absolute Gasteiger partial charge is 0.394 e. The standard InChI is InChI=1S/C9H10FN3O/c10-6-2-1-3-13-8(7(11)5-14)4-12-9(6)13/h1-4,7,14H,5,11H2. The van der Waals surface area contributed by atoms with Crippen LogP contribution in [0.2, 0.25) is 0 Å². The Morgan fingerprint density at radius 3 is 3.14 bits per heavy atom. The molecule has 0 bridgehead atoms. The van der Waals surface area contributed by atoms with E-state index in [1.807, 2.05) is 0 Å². The summed E-state index contributed by atoms with van der Waals surface area (Å²) in [7, 11) is 0. The Balaban J connectivity index is 2.63. The summed E-state index contributed by atoms with van der Waals surface area (Å²) < 4.78 is 14.7. The molecule has 0 fully saturated rings. The van der Waals surface area contributed by atoms with Gasteiger partial charge in [-0.2, -0.15) is 0 Å². The summed E-state index contributed by atoms with van der Waals surface area (Å²) in [6.07, 6.45) is 3.13. The molecule has 0 radical (unpaired) electrons. The van der Waals surface area contributed by atoms with E-state index in [2.05, 4.69) is 4.98 Å². The van der Waals surface area contributed by atoms with Crippen molar-refractivity contribution in [1.82, 2.24) is 9.38 Å². The number of pyridine rings is 1. The van der Waals surface area contributed by atoms with E-state index in [-0.39, 0.29) is 12.3 Å². The van der Waals surface area contributed by atoms with E-state index in [4.69, 9.17) is 10.8 Å². The number of halogens is 1. The minimum absolute atomic E-state index is 0.190. The molecule has 2 aromatic heterocycles. The molecule has 0 aliphatic heterocycles. The van der Waals surface area contributed by atoms with Crippen LogP contribution in [0.1, 0.15) is 11.7 Å². The number of imidazole rings is 1. The number of hydrogen-bond donors (Lipinski definition) is 2. The van der Waals surface area contributed by atoms with E-state index < -0.39 is 11.9 Å². The fraction of sp³-hybridized carbons (Fsp3) is 0.222. The monoisotopic (exact) mass is 195 g/mol. The smallest absolute Gasteiger partial charge is 0.173 e. The molecule has 1 unspecified atom stereocenters. The number of hydrogen-bond acceptors (Lipinski definition) is 3. The van der Waals surface area contributed by atoms with E-state index in [1.54, 1.807) is 12.3 Å². The third-order valence-corrected chi connectivity index (χ3v) is 2.09. The average molecular weight is 195 g/mol. The molecule has 0 saturated heterocycles. The van der Waals surface area contributed by atoms with Crippen molar-refractivity contribution in [3.8, 4) is 0 Å². The maximum atomic E-state index is 13.2. The normalized spacial score (nSPS) is 13.4. The molecular weight excluding hydrogens is 185 g/mol. The van der Waals surface area contributed by atoms with E-state index in [9.17, 15) is 4.39 Å². The van der Waals surface area contributed by atoms with Crippen LogP contribution in [0.25, 0.3) is 5.65 Å². The highest BCUT2D eigenvalue weighted by molar-refractivity contribution is 5.42. The van der Waals surface area contributed by atoms with E-state index >= 15 is 0 Å². The topological polar surface area (TPSA) is 63.5 Å². The molecule has 0 aliphatic carbocycles. The molecule has 14 heavy (non-hydrogen) atoms. The number of rotatable bonds is 2. The molecule has 0 aromatic carbocycles. The zero-order valence-electron chi connectivity index (χ0n) is 7.39. The highest BCUT2D eigenvalue weighted by Crippen LogP contribution is 2.14. The molecule has 0 amide bonds. The Kier molecular flexibility index (Phi) is 2.18. The van der Waals surface area contributed by atoms with Gasteiger partial charge in [0, 0.05) is 6.20 Å². The van der Waals surface area contributed by atoms with Gasteiger partial charge in [0.2, 0.25) is 0 Å². The second kappa shape index (κ2) is 3.36. The Morgan fingerprint density at radius 2 is 2.43 bits per heavy atom. The molecule has 0 spiro atoms. The second-order valence-electron chi connectivity index (χ2n) is 3.02. The molecule has 2 rings (SSSR count). The van der Waals surface area contributed by atoms with Gasteiger partial charge in [0.05, 0.1) is 24.5 Å². The molecular formula is C9H10FN3O. The average Bonchev–Trinajstić information content (AvgIpc) is 2.62. The van der Waals surface area contributed by atoms with Gasteiger partial charge in [0.1, 0.15) is 0 Å². The summed E-state index contributed by atoms with van der Waals surface area (Å²) in [5.74, 6) is -0.399. The van der Waals surface area contributed by atoms with Crippen LogP contribution in [0.5, 0.6) is 0 Å². The van der Waals surface area contributed by atoms with Crippen molar-refractivity contribution in [2.45, 2.75) is 6.04 Å². The number of aliphatic hydroxyl groups is 1. The Morgan fingerprint density at radius 1 is 1.64 bits per heavy atom. The van der Waals surface area contributed by atoms with Gasteiger partial charge in [0.25, 0.3) is 0 Å². The maximum absolute atomic E-state index is 13.2. The predicted octanol–water partition coefficient (Wildman–Crippen LogP) is 0.465. The van der Waals surface area contributed by atoms with Gasteiger partial charge in [-0.1, -0.05) is 0 Å². The van der Waals surface area contributed by atoms with Crippen LogP contribution in [0, 0.1) is 5.82 Å². The number of nitrogens with zero attached hydrogens (tertiary/aromatic N) is 2. The third-order valence-electron chi connectivity index (χ3n) is 2.09. The van der Waals surface area contributed by atoms with Crippen LogP contribution in [0.3, 0.4) is 0 Å². The van der Waals surface area contributed by atoms with E-state index in [0.29, 0.717) is 5.69 Å². The number of nitrogens with two attached hydrogens (primary N) is 1. The summed E-state index contributed by atoms with van der Waals surface area (Å²) in [4.78, 5) is 3.88. The summed E-state index contributed by atoms with van der Waals surface area (Å²) in [6, 6.07) is 2.36. The van der Waals surface area contributed by atoms with Gasteiger partial charge >= 0.3 is 0 Å². The lowest BCUT2D eigenvalue weighted by atomic mass is 10.2. The minimum atomic E-state index is -0.535. The van der Waals surface area contributed by atoms with Gasteiger partial charge in [-0.15, -0.1) is 0 Å². The fourth-order valence-electron chi connectivity index (χ4n) is 1.36. The van der Waals surface area contributed by atoms with Crippen LogP contribution >= 0.6 is 0 Å². The lowest BCUT2D eigenvalue weighted by Gasteiger charge is -2.07. The summed E-state index contributed by atoms with van der Waals surface area (Å²) >= 11 is 0. The van der Waals surface area contributed by atoms with Gasteiger partial charge in [0.15, 0.2) is 11.5 Å². The molecule has 2 aromatic rings. The van der Waals surface area contributed by atoms with E-state index in [1.165, 1.54) is 16.7 Å². The summed E-state index contributed by atoms with van der Waals surface area (Å²) in [6.45, 7) is -0.190. The SMILES string of the molecule is NC(CO)c1cnc2c(F)cccn12. The van der Waals surface area contributed by atoms with Crippen LogP contribution in [-0.4, -0.2) is 21.1 Å². The minimum Gasteiger partial charge on any atom is -0.394 e. The highest BCUT2D eigenvalue weighted by Gasteiger charge is 2.12. The third kappa shape index (κ3) is 1.26. The van der Waals surface area contributed by atoms with Crippen LogP contribution in [0.4, 0.5) is 4.39 Å². The Labute approximate surface area is 79.8 Å². The summed E-state index contributed by atoms with van der Waals surface area (Å²) in [5.41, 5.74) is 6.45. The molecule has 0 aliphatic rings. The first-order valence-corrected chi connectivity index (χ1v) is 4.22.